The smallest absolute Gasteiger partial charge is 0.306 e. The van der Waals surface area contributed by atoms with Crippen LogP contribution in [0.5, 0.6) is 0 Å². The fraction of sp³-hybridized carbons (Fsp3) is 0.897. The van der Waals surface area contributed by atoms with Crippen molar-refractivity contribution in [2.24, 2.45) is 0 Å². The van der Waals surface area contributed by atoms with Crippen LogP contribution in [0.4, 0.5) is 0 Å². The lowest BCUT2D eigenvalue weighted by Crippen LogP contribution is -2.61. The Kier molecular flexibility index (Phi) is 44.5. The van der Waals surface area contributed by atoms with Crippen molar-refractivity contribution in [2.75, 3.05) is 13.2 Å². The molecular formula is C58H109NO10. The number of unbranched alkanes of at least 4 members (excludes halogenated alkanes) is 33. The molecule has 8 unspecified atom stereocenters. The third-order valence-electron chi connectivity index (χ3n) is 13.9. The number of rotatable bonds is 49. The molecule has 1 amide bonds. The molecular weight excluding hydrogens is 871 g/mol. The van der Waals surface area contributed by atoms with E-state index >= 15 is 0 Å². The van der Waals surface area contributed by atoms with E-state index in [9.17, 15) is 35.1 Å². The molecule has 1 fully saturated rings. The SMILES string of the molecule is CCCCCCCC/C=C/CCCCCCCCC(O)C(=O)NC(COC1OC(CO)C(O)C(O)C1OC(=O)CCCCCCCCCCCCCCC)C(O)/C=C/CCCCCCCCCCC. The Balaban J connectivity index is 2.71. The molecule has 8 atom stereocenters. The zero-order valence-corrected chi connectivity index (χ0v) is 44.7. The van der Waals surface area contributed by atoms with Gasteiger partial charge in [0.1, 0.15) is 24.4 Å². The van der Waals surface area contributed by atoms with E-state index in [1.54, 1.807) is 6.08 Å². The first-order chi connectivity index (χ1) is 33.7. The number of esters is 1. The van der Waals surface area contributed by atoms with Crippen molar-refractivity contribution in [3.05, 3.63) is 24.3 Å². The normalized spacial score (nSPS) is 19.9. The summed E-state index contributed by atoms with van der Waals surface area (Å²) in [6, 6.07) is -1.02. The second-order valence-corrected chi connectivity index (χ2v) is 20.4. The van der Waals surface area contributed by atoms with E-state index in [4.69, 9.17) is 14.2 Å². The molecule has 0 aromatic rings. The highest BCUT2D eigenvalue weighted by Gasteiger charge is 2.47. The Morgan fingerprint density at radius 2 is 0.957 bits per heavy atom. The first-order valence-corrected chi connectivity index (χ1v) is 29.1. The number of amides is 1. The summed E-state index contributed by atoms with van der Waals surface area (Å²) >= 11 is 0. The predicted octanol–water partition coefficient (Wildman–Crippen LogP) is 12.9. The van der Waals surface area contributed by atoms with E-state index in [1.165, 1.54) is 154 Å². The van der Waals surface area contributed by atoms with Gasteiger partial charge in [0.05, 0.1) is 25.4 Å². The van der Waals surface area contributed by atoms with Gasteiger partial charge in [-0.3, -0.25) is 9.59 Å². The number of hydrogen-bond acceptors (Lipinski definition) is 10. The Labute approximate surface area is 422 Å². The van der Waals surface area contributed by atoms with Crippen molar-refractivity contribution in [1.29, 1.82) is 0 Å². The Bertz CT molecular complexity index is 1220. The highest BCUT2D eigenvalue weighted by atomic mass is 16.7. The topological polar surface area (TPSA) is 175 Å². The molecule has 1 rings (SSSR count). The molecule has 1 aliphatic rings. The van der Waals surface area contributed by atoms with Gasteiger partial charge >= 0.3 is 5.97 Å². The van der Waals surface area contributed by atoms with Crippen LogP contribution in [0.3, 0.4) is 0 Å². The molecule has 6 N–H and O–H groups in total. The second-order valence-electron chi connectivity index (χ2n) is 20.4. The molecule has 406 valence electrons. The standard InChI is InChI=1S/C58H109NO10/c1-4-7-10-13-16-19-22-24-25-26-28-30-33-36-39-42-45-51(62)57(66)59-49(50(61)44-41-38-35-32-29-21-18-15-12-9-6-3)48-67-58-56(55(65)54(64)52(47-60)68-58)69-53(63)46-43-40-37-34-31-27-23-20-17-14-11-8-5-2/h24-25,41,44,49-52,54-56,58,60-62,64-65H,4-23,26-40,42-43,45-48H2,1-3H3,(H,59,66)/b25-24+,44-41+. The number of nitrogens with one attached hydrogen (secondary N) is 1. The molecule has 0 radical (unpaired) electrons. The van der Waals surface area contributed by atoms with Gasteiger partial charge < -0.3 is 45.1 Å². The summed E-state index contributed by atoms with van der Waals surface area (Å²) < 4.78 is 17.6. The molecule has 1 heterocycles. The summed E-state index contributed by atoms with van der Waals surface area (Å²) in [5.74, 6) is -1.19. The summed E-state index contributed by atoms with van der Waals surface area (Å²) in [7, 11) is 0. The number of aliphatic hydroxyl groups is 5. The molecule has 0 spiro atoms. The Morgan fingerprint density at radius 3 is 1.41 bits per heavy atom. The quantitative estimate of drug-likeness (QED) is 0.0196. The highest BCUT2D eigenvalue weighted by molar-refractivity contribution is 5.80. The monoisotopic (exact) mass is 980 g/mol. The fourth-order valence-corrected chi connectivity index (χ4v) is 9.18. The van der Waals surface area contributed by atoms with Crippen molar-refractivity contribution in [2.45, 2.75) is 320 Å². The van der Waals surface area contributed by atoms with Crippen LogP contribution in [0.25, 0.3) is 0 Å². The molecule has 0 saturated carbocycles. The molecule has 0 aliphatic carbocycles. The molecule has 69 heavy (non-hydrogen) atoms. The van der Waals surface area contributed by atoms with Crippen molar-refractivity contribution in [3.63, 3.8) is 0 Å². The average molecular weight is 981 g/mol. The van der Waals surface area contributed by atoms with E-state index in [0.29, 0.717) is 12.8 Å². The van der Waals surface area contributed by atoms with E-state index in [1.807, 2.05) is 6.08 Å². The minimum atomic E-state index is -1.61. The van der Waals surface area contributed by atoms with Crippen LogP contribution in [-0.4, -0.2) is 99.6 Å². The van der Waals surface area contributed by atoms with Gasteiger partial charge in [-0.25, -0.2) is 0 Å². The van der Waals surface area contributed by atoms with Crippen molar-refractivity contribution < 1.29 is 49.3 Å². The van der Waals surface area contributed by atoms with Crippen LogP contribution in [0.2, 0.25) is 0 Å². The maximum absolute atomic E-state index is 13.4. The van der Waals surface area contributed by atoms with Gasteiger partial charge in [0.2, 0.25) is 5.91 Å². The number of carbonyl (C=O) groups is 2. The molecule has 1 aliphatic heterocycles. The molecule has 1 saturated heterocycles. The number of allylic oxidation sites excluding steroid dienone is 3. The van der Waals surface area contributed by atoms with Gasteiger partial charge in [-0.1, -0.05) is 238 Å². The molecule has 0 bridgehead atoms. The minimum absolute atomic E-state index is 0.128. The van der Waals surface area contributed by atoms with Crippen LogP contribution in [-0.2, 0) is 23.8 Å². The average Bonchev–Trinajstić information content (AvgIpc) is 3.34. The van der Waals surface area contributed by atoms with Gasteiger partial charge in [-0.15, -0.1) is 0 Å². The van der Waals surface area contributed by atoms with Gasteiger partial charge in [0.15, 0.2) is 12.4 Å². The summed E-state index contributed by atoms with van der Waals surface area (Å²) in [6.45, 7) is 5.77. The second kappa shape index (κ2) is 47.2. The summed E-state index contributed by atoms with van der Waals surface area (Å²) in [5, 5.41) is 56.8. The van der Waals surface area contributed by atoms with Crippen molar-refractivity contribution in [1.82, 2.24) is 5.32 Å². The van der Waals surface area contributed by atoms with E-state index in [0.717, 1.165) is 70.6 Å². The summed E-state index contributed by atoms with van der Waals surface area (Å²) in [6.07, 6.45) is 42.2. The van der Waals surface area contributed by atoms with Crippen LogP contribution < -0.4 is 5.32 Å². The molecule has 0 aromatic heterocycles. The number of ether oxygens (including phenoxy) is 3. The minimum Gasteiger partial charge on any atom is -0.454 e. The maximum atomic E-state index is 13.4. The lowest BCUT2D eigenvalue weighted by atomic mass is 9.99. The zero-order chi connectivity index (χ0) is 50.4. The zero-order valence-electron chi connectivity index (χ0n) is 44.7. The van der Waals surface area contributed by atoms with E-state index < -0.39 is 67.4 Å². The van der Waals surface area contributed by atoms with Crippen molar-refractivity contribution in [3.8, 4) is 0 Å². The maximum Gasteiger partial charge on any atom is 0.306 e. The fourth-order valence-electron chi connectivity index (χ4n) is 9.18. The molecule has 11 heteroatoms. The first-order valence-electron chi connectivity index (χ1n) is 29.1. The Hall–Kier alpha value is -1.86. The highest BCUT2D eigenvalue weighted by Crippen LogP contribution is 2.26. The van der Waals surface area contributed by atoms with Gasteiger partial charge in [-0.05, 0) is 51.4 Å². The van der Waals surface area contributed by atoms with Crippen LogP contribution in [0.1, 0.15) is 271 Å². The lowest BCUT2D eigenvalue weighted by molar-refractivity contribution is -0.305. The summed E-state index contributed by atoms with van der Waals surface area (Å²) in [5.41, 5.74) is 0. The van der Waals surface area contributed by atoms with E-state index in [2.05, 4.69) is 38.2 Å². The number of aliphatic hydroxyl groups excluding tert-OH is 5. The summed E-state index contributed by atoms with van der Waals surface area (Å²) in [4.78, 5) is 26.4. The van der Waals surface area contributed by atoms with Crippen LogP contribution in [0.15, 0.2) is 24.3 Å². The van der Waals surface area contributed by atoms with Gasteiger partial charge in [-0.2, -0.15) is 0 Å². The van der Waals surface area contributed by atoms with Crippen molar-refractivity contribution >= 4 is 11.9 Å². The largest absolute Gasteiger partial charge is 0.454 e. The third-order valence-corrected chi connectivity index (χ3v) is 13.9. The Morgan fingerprint density at radius 1 is 0.551 bits per heavy atom. The number of carbonyl (C=O) groups excluding carboxylic acids is 2. The number of hydrogen-bond donors (Lipinski definition) is 6. The molecule has 11 nitrogen and oxygen atoms in total. The van der Waals surface area contributed by atoms with Crippen LogP contribution in [0, 0.1) is 0 Å². The molecule has 0 aromatic carbocycles. The lowest BCUT2D eigenvalue weighted by Gasteiger charge is -2.41. The van der Waals surface area contributed by atoms with Crippen LogP contribution >= 0.6 is 0 Å². The third kappa shape index (κ3) is 35.8. The van der Waals surface area contributed by atoms with Gasteiger partial charge in [0.25, 0.3) is 0 Å². The first kappa shape index (κ1) is 65.2. The van der Waals surface area contributed by atoms with Gasteiger partial charge in [0, 0.05) is 6.42 Å². The van der Waals surface area contributed by atoms with E-state index in [-0.39, 0.29) is 19.4 Å². The predicted molar refractivity (Wildman–Crippen MR) is 283 cm³/mol.